The van der Waals surface area contributed by atoms with E-state index in [0.717, 1.165) is 5.56 Å². The number of aromatic amines is 1. The summed E-state index contributed by atoms with van der Waals surface area (Å²) >= 11 is 0. The van der Waals surface area contributed by atoms with Gasteiger partial charge in [-0.2, -0.15) is 0 Å². The van der Waals surface area contributed by atoms with E-state index < -0.39 is 0 Å². The molecule has 0 aliphatic heterocycles. The summed E-state index contributed by atoms with van der Waals surface area (Å²) in [6.07, 6.45) is 0.660. The number of rotatable bonds is 5. The van der Waals surface area contributed by atoms with E-state index in [4.69, 9.17) is 0 Å². The lowest BCUT2D eigenvalue weighted by molar-refractivity contribution is -0.121. The first kappa shape index (κ1) is 15.9. The molecule has 0 unspecified atom stereocenters. The number of benzene rings is 1. The lowest BCUT2D eigenvalue weighted by Gasteiger charge is -2.14. The number of hydrogen-bond donors (Lipinski definition) is 2. The van der Waals surface area contributed by atoms with Crippen molar-refractivity contribution in [3.63, 3.8) is 0 Å². The Balaban J connectivity index is 1.95. The van der Waals surface area contributed by atoms with Gasteiger partial charge in [-0.05, 0) is 32.8 Å². The summed E-state index contributed by atoms with van der Waals surface area (Å²) in [6, 6.07) is 9.73. The fourth-order valence-corrected chi connectivity index (χ4v) is 2.42. The van der Waals surface area contributed by atoms with Crippen LogP contribution in [-0.4, -0.2) is 15.9 Å². The van der Waals surface area contributed by atoms with Crippen molar-refractivity contribution in [2.45, 2.75) is 39.7 Å². The van der Waals surface area contributed by atoms with Crippen LogP contribution >= 0.6 is 0 Å². The summed E-state index contributed by atoms with van der Waals surface area (Å²) in [6.45, 7) is 5.48. The summed E-state index contributed by atoms with van der Waals surface area (Å²) in [7, 11) is 0. The molecule has 0 bridgehead atoms. The van der Waals surface area contributed by atoms with E-state index >= 15 is 0 Å². The fourth-order valence-electron chi connectivity index (χ4n) is 2.42. The van der Waals surface area contributed by atoms with E-state index in [1.165, 1.54) is 0 Å². The minimum Gasteiger partial charge on any atom is -0.350 e. The third-order valence-corrected chi connectivity index (χ3v) is 3.62. The molecule has 0 saturated carbocycles. The van der Waals surface area contributed by atoms with Crippen LogP contribution in [0.5, 0.6) is 0 Å². The number of nitrogens with zero attached hydrogens (tertiary/aromatic N) is 1. The van der Waals surface area contributed by atoms with Crippen LogP contribution < -0.4 is 10.9 Å². The molecule has 0 radical (unpaired) electrons. The van der Waals surface area contributed by atoms with Gasteiger partial charge in [-0.3, -0.25) is 9.59 Å². The van der Waals surface area contributed by atoms with E-state index in [0.29, 0.717) is 23.5 Å². The van der Waals surface area contributed by atoms with Gasteiger partial charge in [0, 0.05) is 17.7 Å². The first-order valence-electron chi connectivity index (χ1n) is 7.38. The lowest BCUT2D eigenvalue weighted by Crippen LogP contribution is -2.28. The number of nitrogens with one attached hydrogen (secondary N) is 2. The number of aromatic nitrogens is 2. The van der Waals surface area contributed by atoms with E-state index in [9.17, 15) is 9.59 Å². The summed E-state index contributed by atoms with van der Waals surface area (Å²) in [5.41, 5.74) is 2.16. The molecule has 2 aromatic rings. The van der Waals surface area contributed by atoms with Crippen molar-refractivity contribution in [1.82, 2.24) is 15.3 Å². The van der Waals surface area contributed by atoms with Crippen LogP contribution in [0.2, 0.25) is 0 Å². The van der Waals surface area contributed by atoms with E-state index in [2.05, 4.69) is 15.3 Å². The highest BCUT2D eigenvalue weighted by Crippen LogP contribution is 2.11. The van der Waals surface area contributed by atoms with Gasteiger partial charge < -0.3 is 10.3 Å². The van der Waals surface area contributed by atoms with E-state index in [-0.39, 0.29) is 23.9 Å². The van der Waals surface area contributed by atoms with Crippen molar-refractivity contribution < 1.29 is 4.79 Å². The molecule has 5 heteroatoms. The second-order valence-electron chi connectivity index (χ2n) is 5.42. The van der Waals surface area contributed by atoms with Gasteiger partial charge in [-0.1, -0.05) is 30.3 Å². The minimum absolute atomic E-state index is 0.0516. The standard InChI is InChI=1S/C17H21N3O2/c1-11(14-7-5-4-6-8-14)19-16(21)10-9-15-12(2)18-13(3)20-17(15)22/h4-8,11H,9-10H2,1-3H3,(H,19,21)(H,18,20,22)/t11-/m0/s1. The summed E-state index contributed by atoms with van der Waals surface area (Å²) in [5, 5.41) is 2.95. The Bertz CT molecular complexity index is 708. The zero-order chi connectivity index (χ0) is 16.1. The van der Waals surface area contributed by atoms with Gasteiger partial charge in [0.2, 0.25) is 5.91 Å². The summed E-state index contributed by atoms with van der Waals surface area (Å²) in [5.74, 6) is 0.518. The number of hydrogen-bond acceptors (Lipinski definition) is 3. The van der Waals surface area contributed by atoms with Crippen LogP contribution in [0.1, 0.15) is 42.0 Å². The first-order valence-corrected chi connectivity index (χ1v) is 7.38. The predicted molar refractivity (Wildman–Crippen MR) is 85.7 cm³/mol. The molecule has 1 aromatic heterocycles. The average Bonchev–Trinajstić information content (AvgIpc) is 2.47. The van der Waals surface area contributed by atoms with Gasteiger partial charge in [0.15, 0.2) is 0 Å². The molecule has 1 amide bonds. The van der Waals surface area contributed by atoms with Gasteiger partial charge in [-0.15, -0.1) is 0 Å². The molecular weight excluding hydrogens is 278 g/mol. The SMILES string of the molecule is Cc1nc(C)c(CCC(=O)N[C@@H](C)c2ccccc2)c(=O)[nH]1. The second-order valence-corrected chi connectivity index (χ2v) is 5.42. The molecule has 0 saturated heterocycles. The maximum Gasteiger partial charge on any atom is 0.254 e. The highest BCUT2D eigenvalue weighted by atomic mass is 16.1. The normalized spacial score (nSPS) is 12.0. The monoisotopic (exact) mass is 299 g/mol. The third-order valence-electron chi connectivity index (χ3n) is 3.62. The van der Waals surface area contributed by atoms with Gasteiger partial charge in [-0.25, -0.2) is 4.98 Å². The molecule has 2 N–H and O–H groups in total. The van der Waals surface area contributed by atoms with Crippen LogP contribution in [-0.2, 0) is 11.2 Å². The molecule has 0 aliphatic rings. The maximum atomic E-state index is 12.0. The Morgan fingerprint density at radius 3 is 2.59 bits per heavy atom. The van der Waals surface area contributed by atoms with Crippen LogP contribution in [0.4, 0.5) is 0 Å². The topological polar surface area (TPSA) is 74.8 Å². The molecule has 0 fully saturated rings. The Morgan fingerprint density at radius 1 is 1.27 bits per heavy atom. The Kier molecular flexibility index (Phi) is 5.09. The van der Waals surface area contributed by atoms with Crippen molar-refractivity contribution in [3.05, 3.63) is 63.3 Å². The van der Waals surface area contributed by atoms with Crippen molar-refractivity contribution in [2.75, 3.05) is 0 Å². The summed E-state index contributed by atoms with van der Waals surface area (Å²) in [4.78, 5) is 30.8. The number of carbonyl (C=O) groups excluding carboxylic acids is 1. The van der Waals surface area contributed by atoms with Crippen LogP contribution in [0.25, 0.3) is 0 Å². The number of carbonyl (C=O) groups is 1. The molecule has 1 heterocycles. The van der Waals surface area contributed by atoms with E-state index in [1.54, 1.807) is 13.8 Å². The zero-order valence-corrected chi connectivity index (χ0v) is 13.1. The molecule has 0 spiro atoms. The molecule has 1 atom stereocenters. The Labute approximate surface area is 129 Å². The highest BCUT2D eigenvalue weighted by Gasteiger charge is 2.12. The molecule has 1 aromatic carbocycles. The summed E-state index contributed by atoms with van der Waals surface area (Å²) < 4.78 is 0. The van der Waals surface area contributed by atoms with Gasteiger partial charge >= 0.3 is 0 Å². The minimum atomic E-state index is -0.158. The quantitative estimate of drug-likeness (QED) is 0.888. The predicted octanol–water partition coefficient (Wildman–Crippen LogP) is 2.20. The third kappa shape index (κ3) is 4.04. The molecule has 2 rings (SSSR count). The molecule has 0 aliphatic carbocycles. The van der Waals surface area contributed by atoms with Crippen molar-refractivity contribution in [3.8, 4) is 0 Å². The van der Waals surface area contributed by atoms with Crippen LogP contribution in [0.15, 0.2) is 35.1 Å². The number of amides is 1. The molecular formula is C17H21N3O2. The lowest BCUT2D eigenvalue weighted by atomic mass is 10.1. The van der Waals surface area contributed by atoms with Crippen molar-refractivity contribution in [2.24, 2.45) is 0 Å². The van der Waals surface area contributed by atoms with Gasteiger partial charge in [0.1, 0.15) is 5.82 Å². The van der Waals surface area contributed by atoms with Crippen LogP contribution in [0.3, 0.4) is 0 Å². The van der Waals surface area contributed by atoms with Crippen LogP contribution in [0, 0.1) is 13.8 Å². The average molecular weight is 299 g/mol. The Hall–Kier alpha value is -2.43. The number of aryl methyl sites for hydroxylation is 2. The number of H-pyrrole nitrogens is 1. The molecule has 5 nitrogen and oxygen atoms in total. The highest BCUT2D eigenvalue weighted by molar-refractivity contribution is 5.76. The molecule has 22 heavy (non-hydrogen) atoms. The van der Waals surface area contributed by atoms with Crippen molar-refractivity contribution in [1.29, 1.82) is 0 Å². The maximum absolute atomic E-state index is 12.0. The van der Waals surface area contributed by atoms with E-state index in [1.807, 2.05) is 37.3 Å². The Morgan fingerprint density at radius 2 is 1.95 bits per heavy atom. The molecule has 116 valence electrons. The zero-order valence-electron chi connectivity index (χ0n) is 13.1. The second kappa shape index (κ2) is 7.02. The van der Waals surface area contributed by atoms with Crippen molar-refractivity contribution >= 4 is 5.91 Å². The first-order chi connectivity index (χ1) is 10.5. The largest absolute Gasteiger partial charge is 0.350 e. The fraction of sp³-hybridized carbons (Fsp3) is 0.353. The smallest absolute Gasteiger partial charge is 0.254 e. The van der Waals surface area contributed by atoms with Gasteiger partial charge in [0.25, 0.3) is 5.56 Å². The van der Waals surface area contributed by atoms with Gasteiger partial charge in [0.05, 0.1) is 6.04 Å².